The Kier molecular flexibility index (Phi) is 3.75. The van der Waals surface area contributed by atoms with E-state index in [0.29, 0.717) is 6.61 Å². The van der Waals surface area contributed by atoms with E-state index in [-0.39, 0.29) is 0 Å². The molecule has 1 aliphatic carbocycles. The maximum absolute atomic E-state index is 5.07. The van der Waals surface area contributed by atoms with Gasteiger partial charge >= 0.3 is 0 Å². The quantitative estimate of drug-likeness (QED) is 0.769. The summed E-state index contributed by atoms with van der Waals surface area (Å²) in [6.07, 6.45) is 2.83. The van der Waals surface area contributed by atoms with Crippen LogP contribution >= 0.6 is 0 Å². The number of ether oxygens (including phenoxy) is 1. The van der Waals surface area contributed by atoms with Crippen LogP contribution in [-0.2, 0) is 17.9 Å². The van der Waals surface area contributed by atoms with E-state index in [4.69, 9.17) is 4.74 Å². The lowest BCUT2D eigenvalue weighted by Crippen LogP contribution is -2.15. The minimum Gasteiger partial charge on any atom is -0.380 e. The summed E-state index contributed by atoms with van der Waals surface area (Å²) in [5.74, 6) is 0.956. The van der Waals surface area contributed by atoms with Crippen molar-refractivity contribution in [1.82, 2.24) is 5.32 Å². The molecule has 0 amide bonds. The molecule has 0 atom stereocenters. The molecule has 0 spiro atoms. The van der Waals surface area contributed by atoms with Gasteiger partial charge < -0.3 is 10.1 Å². The molecule has 1 N–H and O–H groups in total. The first-order valence-corrected chi connectivity index (χ1v) is 5.66. The summed E-state index contributed by atoms with van der Waals surface area (Å²) in [5.41, 5.74) is 2.60. The second-order valence-electron chi connectivity index (χ2n) is 4.32. The second-order valence-corrected chi connectivity index (χ2v) is 4.32. The van der Waals surface area contributed by atoms with Crippen LogP contribution in [-0.4, -0.2) is 13.7 Å². The van der Waals surface area contributed by atoms with E-state index in [0.717, 1.165) is 12.5 Å². The van der Waals surface area contributed by atoms with Gasteiger partial charge in [-0.2, -0.15) is 0 Å². The number of nitrogens with one attached hydrogen (secondary N) is 1. The summed E-state index contributed by atoms with van der Waals surface area (Å²) >= 11 is 0. The lowest BCUT2D eigenvalue weighted by atomic mass is 10.1. The van der Waals surface area contributed by atoms with Crippen molar-refractivity contribution < 1.29 is 4.74 Å². The van der Waals surface area contributed by atoms with Crippen molar-refractivity contribution in [3.63, 3.8) is 0 Å². The first-order chi connectivity index (χ1) is 7.38. The van der Waals surface area contributed by atoms with E-state index in [1.54, 1.807) is 7.11 Å². The molecule has 0 bridgehead atoms. The Morgan fingerprint density at radius 3 is 2.47 bits per heavy atom. The lowest BCUT2D eigenvalue weighted by Gasteiger charge is -2.05. The first-order valence-electron chi connectivity index (χ1n) is 5.66. The molecule has 82 valence electrons. The van der Waals surface area contributed by atoms with Crippen LogP contribution in [0.1, 0.15) is 24.0 Å². The van der Waals surface area contributed by atoms with Crippen molar-refractivity contribution in [2.45, 2.75) is 26.0 Å². The molecule has 1 saturated carbocycles. The molecule has 2 nitrogen and oxygen atoms in total. The molecule has 0 aliphatic heterocycles. The van der Waals surface area contributed by atoms with Crippen LogP contribution in [0.3, 0.4) is 0 Å². The second kappa shape index (κ2) is 5.29. The number of hydrogen-bond acceptors (Lipinski definition) is 2. The highest BCUT2D eigenvalue weighted by molar-refractivity contribution is 5.21. The summed E-state index contributed by atoms with van der Waals surface area (Å²) < 4.78 is 5.07. The van der Waals surface area contributed by atoms with Crippen LogP contribution in [0.25, 0.3) is 0 Å². The minimum absolute atomic E-state index is 0.704. The fraction of sp³-hybridized carbons (Fsp3) is 0.538. The highest BCUT2D eigenvalue weighted by Crippen LogP contribution is 2.27. The predicted octanol–water partition coefficient (Wildman–Crippen LogP) is 2.33. The highest BCUT2D eigenvalue weighted by atomic mass is 16.5. The average Bonchev–Trinajstić information content (AvgIpc) is 3.05. The van der Waals surface area contributed by atoms with E-state index < -0.39 is 0 Å². The van der Waals surface area contributed by atoms with Crippen molar-refractivity contribution in [2.75, 3.05) is 13.7 Å². The topological polar surface area (TPSA) is 21.3 Å². The average molecular weight is 205 g/mol. The van der Waals surface area contributed by atoms with Crippen molar-refractivity contribution >= 4 is 0 Å². The number of benzene rings is 1. The van der Waals surface area contributed by atoms with Gasteiger partial charge in [-0.3, -0.25) is 0 Å². The fourth-order valence-corrected chi connectivity index (χ4v) is 1.66. The largest absolute Gasteiger partial charge is 0.380 e. The number of methoxy groups -OCH3 is 1. The van der Waals surface area contributed by atoms with E-state index in [1.165, 1.54) is 30.5 Å². The van der Waals surface area contributed by atoms with Crippen molar-refractivity contribution in [3.8, 4) is 0 Å². The Balaban J connectivity index is 1.75. The molecular weight excluding hydrogens is 186 g/mol. The first kappa shape index (κ1) is 10.7. The van der Waals surface area contributed by atoms with E-state index in [1.807, 2.05) is 0 Å². The lowest BCUT2D eigenvalue weighted by molar-refractivity contribution is 0.185. The SMILES string of the molecule is COCc1ccc(CNCC2CC2)cc1. The molecule has 0 heterocycles. The van der Waals surface area contributed by atoms with Gasteiger partial charge in [-0.15, -0.1) is 0 Å². The highest BCUT2D eigenvalue weighted by Gasteiger charge is 2.19. The normalized spacial score (nSPS) is 15.5. The van der Waals surface area contributed by atoms with Gasteiger partial charge in [-0.05, 0) is 36.4 Å². The van der Waals surface area contributed by atoms with Gasteiger partial charge in [-0.1, -0.05) is 24.3 Å². The number of rotatable bonds is 6. The van der Waals surface area contributed by atoms with Gasteiger partial charge in [-0.25, -0.2) is 0 Å². The van der Waals surface area contributed by atoms with Gasteiger partial charge in [0.2, 0.25) is 0 Å². The zero-order valence-corrected chi connectivity index (χ0v) is 9.33. The Morgan fingerprint density at radius 1 is 1.20 bits per heavy atom. The van der Waals surface area contributed by atoms with Crippen molar-refractivity contribution in [1.29, 1.82) is 0 Å². The Bertz CT molecular complexity index is 290. The maximum Gasteiger partial charge on any atom is 0.0713 e. The molecule has 2 rings (SSSR count). The van der Waals surface area contributed by atoms with Crippen molar-refractivity contribution in [2.24, 2.45) is 5.92 Å². The van der Waals surface area contributed by atoms with Crippen LogP contribution in [0, 0.1) is 5.92 Å². The van der Waals surface area contributed by atoms with Crippen LogP contribution in [0.5, 0.6) is 0 Å². The van der Waals surface area contributed by atoms with Crippen LogP contribution in [0.15, 0.2) is 24.3 Å². The molecule has 1 aromatic carbocycles. The van der Waals surface area contributed by atoms with Gasteiger partial charge in [0, 0.05) is 13.7 Å². The predicted molar refractivity (Wildman–Crippen MR) is 61.6 cm³/mol. The van der Waals surface area contributed by atoms with Gasteiger partial charge in [0.15, 0.2) is 0 Å². The monoisotopic (exact) mass is 205 g/mol. The maximum atomic E-state index is 5.07. The Labute approximate surface area is 91.6 Å². The smallest absolute Gasteiger partial charge is 0.0713 e. The van der Waals surface area contributed by atoms with Crippen LogP contribution < -0.4 is 5.32 Å². The Hall–Kier alpha value is -0.860. The molecule has 0 saturated heterocycles. The molecule has 1 aromatic rings. The van der Waals surface area contributed by atoms with Crippen LogP contribution in [0.2, 0.25) is 0 Å². The molecule has 1 fully saturated rings. The number of hydrogen-bond donors (Lipinski definition) is 1. The third kappa shape index (κ3) is 3.65. The third-order valence-electron chi connectivity index (χ3n) is 2.79. The fourth-order valence-electron chi connectivity index (χ4n) is 1.66. The molecule has 0 radical (unpaired) electrons. The van der Waals surface area contributed by atoms with Gasteiger partial charge in [0.1, 0.15) is 0 Å². The Morgan fingerprint density at radius 2 is 1.87 bits per heavy atom. The summed E-state index contributed by atoms with van der Waals surface area (Å²) in [4.78, 5) is 0. The van der Waals surface area contributed by atoms with E-state index in [2.05, 4.69) is 29.6 Å². The van der Waals surface area contributed by atoms with E-state index in [9.17, 15) is 0 Å². The van der Waals surface area contributed by atoms with Gasteiger partial charge in [0.25, 0.3) is 0 Å². The summed E-state index contributed by atoms with van der Waals surface area (Å²) in [7, 11) is 1.73. The zero-order chi connectivity index (χ0) is 10.5. The van der Waals surface area contributed by atoms with Crippen molar-refractivity contribution in [3.05, 3.63) is 35.4 Å². The molecule has 15 heavy (non-hydrogen) atoms. The standard InChI is InChI=1S/C13H19NO/c1-15-10-13-6-4-12(5-7-13)9-14-8-11-2-3-11/h4-7,11,14H,2-3,8-10H2,1H3. The molecule has 2 heteroatoms. The molecule has 0 aromatic heterocycles. The van der Waals surface area contributed by atoms with E-state index >= 15 is 0 Å². The molecular formula is C13H19NO. The summed E-state index contributed by atoms with van der Waals surface area (Å²) in [6.45, 7) is 2.87. The van der Waals surface area contributed by atoms with Crippen LogP contribution in [0.4, 0.5) is 0 Å². The molecule has 1 aliphatic rings. The third-order valence-corrected chi connectivity index (χ3v) is 2.79. The molecule has 0 unspecified atom stereocenters. The summed E-state index contributed by atoms with van der Waals surface area (Å²) in [6, 6.07) is 8.62. The van der Waals surface area contributed by atoms with Gasteiger partial charge in [0.05, 0.1) is 6.61 Å². The minimum atomic E-state index is 0.704. The summed E-state index contributed by atoms with van der Waals surface area (Å²) in [5, 5.41) is 3.48. The zero-order valence-electron chi connectivity index (χ0n) is 9.33.